The Kier molecular flexibility index (Phi) is 6.11. The molecule has 3 rings (SSSR count). The zero-order valence-electron chi connectivity index (χ0n) is 13.3. The molecule has 1 saturated heterocycles. The minimum absolute atomic E-state index is 0.178. The molecule has 1 N–H and O–H groups in total. The third kappa shape index (κ3) is 4.79. The summed E-state index contributed by atoms with van der Waals surface area (Å²) in [4.78, 5) is 6.77. The molecule has 0 saturated carbocycles. The Labute approximate surface area is 163 Å². The zero-order chi connectivity index (χ0) is 17.9. The number of ether oxygens (including phenoxy) is 1. The SMILES string of the molecule is O=S(=O)(NCc1ccc(N2CCOCC2)nc1)c1cc(Br)ccc1Br. The van der Waals surface area contributed by atoms with E-state index in [0.717, 1.165) is 24.5 Å². The highest BCUT2D eigenvalue weighted by atomic mass is 79.9. The molecule has 0 amide bonds. The summed E-state index contributed by atoms with van der Waals surface area (Å²) in [6.07, 6.45) is 1.70. The van der Waals surface area contributed by atoms with Crippen molar-refractivity contribution in [3.63, 3.8) is 0 Å². The first kappa shape index (κ1) is 18.8. The number of halogens is 2. The van der Waals surface area contributed by atoms with Gasteiger partial charge >= 0.3 is 0 Å². The molecule has 0 atom stereocenters. The number of anilines is 1. The van der Waals surface area contributed by atoms with E-state index in [-0.39, 0.29) is 11.4 Å². The van der Waals surface area contributed by atoms with Gasteiger partial charge in [-0.3, -0.25) is 0 Å². The van der Waals surface area contributed by atoms with Crippen molar-refractivity contribution in [1.29, 1.82) is 0 Å². The van der Waals surface area contributed by atoms with E-state index in [0.29, 0.717) is 22.2 Å². The maximum Gasteiger partial charge on any atom is 0.242 e. The smallest absolute Gasteiger partial charge is 0.242 e. The van der Waals surface area contributed by atoms with Gasteiger partial charge in [-0.05, 0) is 45.8 Å². The second kappa shape index (κ2) is 8.13. The van der Waals surface area contributed by atoms with Gasteiger partial charge in [-0.25, -0.2) is 18.1 Å². The molecule has 0 radical (unpaired) electrons. The molecule has 134 valence electrons. The van der Waals surface area contributed by atoms with Crippen LogP contribution in [0, 0.1) is 0 Å². The summed E-state index contributed by atoms with van der Waals surface area (Å²) in [5.41, 5.74) is 0.798. The first-order valence-electron chi connectivity index (χ1n) is 7.68. The van der Waals surface area contributed by atoms with Crippen molar-refractivity contribution >= 4 is 47.7 Å². The first-order chi connectivity index (χ1) is 12.0. The third-order valence-corrected chi connectivity index (χ3v) is 6.68. The lowest BCUT2D eigenvalue weighted by atomic mass is 10.3. The summed E-state index contributed by atoms with van der Waals surface area (Å²) in [7, 11) is -3.62. The van der Waals surface area contributed by atoms with Gasteiger partial charge < -0.3 is 9.64 Å². The van der Waals surface area contributed by atoms with Crippen molar-refractivity contribution in [2.75, 3.05) is 31.2 Å². The van der Waals surface area contributed by atoms with Gasteiger partial charge in [-0.1, -0.05) is 22.0 Å². The molecule has 9 heteroatoms. The van der Waals surface area contributed by atoms with Gasteiger partial charge in [0.25, 0.3) is 0 Å². The molecular formula is C16H17Br2N3O3S. The van der Waals surface area contributed by atoms with E-state index in [1.54, 1.807) is 24.4 Å². The molecule has 6 nitrogen and oxygen atoms in total. The van der Waals surface area contributed by atoms with Crippen LogP contribution in [0.5, 0.6) is 0 Å². The second-order valence-electron chi connectivity index (χ2n) is 5.52. The second-order valence-corrected chi connectivity index (χ2v) is 9.03. The summed E-state index contributed by atoms with van der Waals surface area (Å²) in [5.74, 6) is 0.879. The lowest BCUT2D eigenvalue weighted by Gasteiger charge is -2.27. The van der Waals surface area contributed by atoms with Crippen molar-refractivity contribution in [2.24, 2.45) is 0 Å². The topological polar surface area (TPSA) is 71.5 Å². The minimum atomic E-state index is -3.62. The quantitative estimate of drug-likeness (QED) is 0.697. The van der Waals surface area contributed by atoms with Crippen LogP contribution in [0.2, 0.25) is 0 Å². The number of sulfonamides is 1. The van der Waals surface area contributed by atoms with Crippen LogP contribution in [-0.2, 0) is 21.3 Å². The third-order valence-electron chi connectivity index (χ3n) is 3.79. The first-order valence-corrected chi connectivity index (χ1v) is 10.7. The van der Waals surface area contributed by atoms with Crippen LogP contribution in [0.25, 0.3) is 0 Å². The molecule has 1 aliphatic rings. The fourth-order valence-corrected chi connectivity index (χ4v) is 4.96. The van der Waals surface area contributed by atoms with E-state index >= 15 is 0 Å². The van der Waals surface area contributed by atoms with E-state index < -0.39 is 10.0 Å². The summed E-state index contributed by atoms with van der Waals surface area (Å²) < 4.78 is 34.1. The molecular weight excluding hydrogens is 474 g/mol. The largest absolute Gasteiger partial charge is 0.378 e. The highest BCUT2D eigenvalue weighted by molar-refractivity contribution is 9.11. The Morgan fingerprint density at radius 2 is 1.92 bits per heavy atom. The number of benzene rings is 1. The molecule has 0 aliphatic carbocycles. The van der Waals surface area contributed by atoms with Crippen LogP contribution < -0.4 is 9.62 Å². The molecule has 0 bridgehead atoms. The van der Waals surface area contributed by atoms with Crippen LogP contribution in [0.3, 0.4) is 0 Å². The molecule has 0 unspecified atom stereocenters. The number of nitrogens with one attached hydrogen (secondary N) is 1. The number of nitrogens with zero attached hydrogens (tertiary/aromatic N) is 2. The van der Waals surface area contributed by atoms with Crippen molar-refractivity contribution in [3.05, 3.63) is 51.0 Å². The Balaban J connectivity index is 1.67. The van der Waals surface area contributed by atoms with Crippen LogP contribution in [0.4, 0.5) is 5.82 Å². The van der Waals surface area contributed by atoms with Crippen LogP contribution in [-0.4, -0.2) is 39.7 Å². The fourth-order valence-electron chi connectivity index (χ4n) is 2.44. The number of hydrogen-bond donors (Lipinski definition) is 1. The Morgan fingerprint density at radius 3 is 2.60 bits per heavy atom. The predicted octanol–water partition coefficient (Wildman–Crippen LogP) is 2.92. The summed E-state index contributed by atoms with van der Waals surface area (Å²) >= 11 is 6.57. The summed E-state index contributed by atoms with van der Waals surface area (Å²) in [6.45, 7) is 3.21. The van der Waals surface area contributed by atoms with Gasteiger partial charge in [0.1, 0.15) is 5.82 Å². The highest BCUT2D eigenvalue weighted by Gasteiger charge is 2.18. The molecule has 1 aromatic heterocycles. The Hall–Kier alpha value is -1.000. The molecule has 1 aliphatic heterocycles. The predicted molar refractivity (Wildman–Crippen MR) is 103 cm³/mol. The van der Waals surface area contributed by atoms with E-state index in [1.165, 1.54) is 0 Å². The van der Waals surface area contributed by atoms with Crippen molar-refractivity contribution < 1.29 is 13.2 Å². The lowest BCUT2D eigenvalue weighted by Crippen LogP contribution is -2.36. The number of aromatic nitrogens is 1. The molecule has 1 aromatic carbocycles. The van der Waals surface area contributed by atoms with E-state index in [1.807, 2.05) is 12.1 Å². The molecule has 1 fully saturated rings. The fraction of sp³-hybridized carbons (Fsp3) is 0.312. The maximum absolute atomic E-state index is 12.5. The number of pyridine rings is 1. The summed E-state index contributed by atoms with van der Waals surface area (Å²) in [5, 5.41) is 0. The van der Waals surface area contributed by atoms with Crippen molar-refractivity contribution in [3.8, 4) is 0 Å². The number of morpholine rings is 1. The monoisotopic (exact) mass is 489 g/mol. The van der Waals surface area contributed by atoms with Gasteiger partial charge in [0.15, 0.2) is 0 Å². The van der Waals surface area contributed by atoms with Crippen LogP contribution in [0.15, 0.2) is 50.4 Å². The van der Waals surface area contributed by atoms with E-state index in [4.69, 9.17) is 4.74 Å². The van der Waals surface area contributed by atoms with Gasteiger partial charge in [0.05, 0.1) is 18.1 Å². The standard InChI is InChI=1S/C16H17Br2N3O3S/c17-13-2-3-14(18)15(9-13)25(22,23)20-11-12-1-4-16(19-10-12)21-5-7-24-8-6-21/h1-4,9-10,20H,5-8,11H2. The summed E-state index contributed by atoms with van der Waals surface area (Å²) in [6, 6.07) is 8.82. The lowest BCUT2D eigenvalue weighted by molar-refractivity contribution is 0.122. The van der Waals surface area contributed by atoms with Crippen LogP contribution in [0.1, 0.15) is 5.56 Å². The number of rotatable bonds is 5. The average molecular weight is 491 g/mol. The Morgan fingerprint density at radius 1 is 1.16 bits per heavy atom. The maximum atomic E-state index is 12.5. The van der Waals surface area contributed by atoms with E-state index in [2.05, 4.69) is 46.5 Å². The average Bonchev–Trinajstić information content (AvgIpc) is 2.63. The van der Waals surface area contributed by atoms with Gasteiger partial charge in [0.2, 0.25) is 10.0 Å². The zero-order valence-corrected chi connectivity index (χ0v) is 17.3. The normalized spacial score (nSPS) is 15.4. The molecule has 0 spiro atoms. The van der Waals surface area contributed by atoms with Gasteiger partial charge in [0, 0.05) is 34.8 Å². The van der Waals surface area contributed by atoms with Gasteiger partial charge in [-0.2, -0.15) is 0 Å². The minimum Gasteiger partial charge on any atom is -0.378 e. The molecule has 25 heavy (non-hydrogen) atoms. The highest BCUT2D eigenvalue weighted by Crippen LogP contribution is 2.25. The molecule has 2 heterocycles. The van der Waals surface area contributed by atoms with Crippen molar-refractivity contribution in [1.82, 2.24) is 9.71 Å². The van der Waals surface area contributed by atoms with Gasteiger partial charge in [-0.15, -0.1) is 0 Å². The number of hydrogen-bond acceptors (Lipinski definition) is 5. The van der Waals surface area contributed by atoms with Crippen LogP contribution >= 0.6 is 31.9 Å². The van der Waals surface area contributed by atoms with E-state index in [9.17, 15) is 8.42 Å². The Bertz CT molecular complexity index is 838. The molecule has 2 aromatic rings. The van der Waals surface area contributed by atoms with Crippen molar-refractivity contribution in [2.45, 2.75) is 11.4 Å².